The summed E-state index contributed by atoms with van der Waals surface area (Å²) in [5, 5.41) is 6.25. The second-order valence-corrected chi connectivity index (χ2v) is 6.53. The first kappa shape index (κ1) is 17.5. The van der Waals surface area contributed by atoms with Crippen molar-refractivity contribution in [2.45, 2.75) is 37.8 Å². The minimum Gasteiger partial charge on any atom is -0.490 e. The lowest BCUT2D eigenvalue weighted by atomic mass is 9.93. The number of urea groups is 1. The fraction of sp³-hybridized carbons (Fsp3) is 0.316. The van der Waals surface area contributed by atoms with E-state index in [1.54, 1.807) is 24.3 Å². The van der Waals surface area contributed by atoms with Gasteiger partial charge < -0.3 is 15.4 Å². The smallest absolute Gasteiger partial charge is 0.319 e. The number of para-hydroxylation sites is 1. The summed E-state index contributed by atoms with van der Waals surface area (Å²) in [6.07, 6.45) is 3.45. The van der Waals surface area contributed by atoms with Crippen LogP contribution in [0.1, 0.15) is 25.7 Å². The molecule has 1 saturated carbocycles. The molecule has 0 atom stereocenters. The van der Waals surface area contributed by atoms with Gasteiger partial charge in [0.25, 0.3) is 0 Å². The molecule has 0 bridgehead atoms. The van der Waals surface area contributed by atoms with Gasteiger partial charge in [-0.3, -0.25) is 0 Å². The summed E-state index contributed by atoms with van der Waals surface area (Å²) in [5.74, 6) is 0.402. The number of ether oxygens (including phenoxy) is 1. The summed E-state index contributed by atoms with van der Waals surface area (Å²) in [6.45, 7) is 0. The number of benzene rings is 2. The fourth-order valence-electron chi connectivity index (χ4n) is 2.94. The van der Waals surface area contributed by atoms with Crippen LogP contribution in [0.15, 0.2) is 48.5 Å². The maximum absolute atomic E-state index is 12.9. The lowest BCUT2D eigenvalue weighted by Gasteiger charge is -2.29. The third-order valence-corrected chi connectivity index (χ3v) is 4.58. The summed E-state index contributed by atoms with van der Waals surface area (Å²) in [6, 6.07) is 13.0. The van der Waals surface area contributed by atoms with E-state index in [4.69, 9.17) is 16.3 Å². The Kier molecular flexibility index (Phi) is 5.76. The molecule has 2 aromatic carbocycles. The van der Waals surface area contributed by atoms with Gasteiger partial charge in [0, 0.05) is 6.04 Å². The number of rotatable bonds is 4. The van der Waals surface area contributed by atoms with E-state index in [2.05, 4.69) is 10.6 Å². The van der Waals surface area contributed by atoms with Crippen LogP contribution >= 0.6 is 11.6 Å². The van der Waals surface area contributed by atoms with Crippen LogP contribution < -0.4 is 15.4 Å². The molecule has 0 heterocycles. The third kappa shape index (κ3) is 5.10. The van der Waals surface area contributed by atoms with Crippen LogP contribution in [0.5, 0.6) is 5.75 Å². The van der Waals surface area contributed by atoms with Gasteiger partial charge >= 0.3 is 6.03 Å². The van der Waals surface area contributed by atoms with Gasteiger partial charge in [-0.25, -0.2) is 9.18 Å². The third-order valence-electron chi connectivity index (χ3n) is 4.25. The lowest BCUT2D eigenvalue weighted by molar-refractivity contribution is 0.141. The van der Waals surface area contributed by atoms with Gasteiger partial charge in [0.15, 0.2) is 0 Å². The molecule has 2 aromatic rings. The van der Waals surface area contributed by atoms with E-state index in [-0.39, 0.29) is 24.0 Å². The Hall–Kier alpha value is -2.27. The Morgan fingerprint density at radius 3 is 2.40 bits per heavy atom. The zero-order valence-electron chi connectivity index (χ0n) is 13.7. The van der Waals surface area contributed by atoms with Crippen molar-refractivity contribution in [1.29, 1.82) is 0 Å². The van der Waals surface area contributed by atoms with Crippen molar-refractivity contribution in [3.63, 3.8) is 0 Å². The standard InChI is InChI=1S/C19H20ClFN2O2/c20-17-3-1-2-4-18(17)23-19(24)22-14-7-11-16(12-8-14)25-15-9-5-13(21)6-10-15/h1-6,9-10,14,16H,7-8,11-12H2,(H2,22,23,24)/t14-,16+. The SMILES string of the molecule is O=C(Nc1ccccc1Cl)N[C@H]1CC[C@@H](Oc2ccc(F)cc2)CC1. The molecule has 3 rings (SSSR count). The van der Waals surface area contributed by atoms with E-state index < -0.39 is 0 Å². The van der Waals surface area contributed by atoms with Crippen LogP contribution in [0.2, 0.25) is 5.02 Å². The first-order valence-corrected chi connectivity index (χ1v) is 8.72. The van der Waals surface area contributed by atoms with Crippen molar-refractivity contribution in [3.05, 3.63) is 59.4 Å². The second-order valence-electron chi connectivity index (χ2n) is 6.12. The highest BCUT2D eigenvalue weighted by atomic mass is 35.5. The van der Waals surface area contributed by atoms with Gasteiger partial charge in [0.1, 0.15) is 11.6 Å². The molecular weight excluding hydrogens is 343 g/mol. The number of anilines is 1. The normalized spacial score (nSPS) is 19.9. The molecule has 1 aliphatic rings. The van der Waals surface area contributed by atoms with E-state index >= 15 is 0 Å². The van der Waals surface area contributed by atoms with E-state index in [1.807, 2.05) is 12.1 Å². The molecule has 0 spiro atoms. The summed E-state index contributed by atoms with van der Waals surface area (Å²) >= 11 is 6.03. The number of hydrogen-bond donors (Lipinski definition) is 2. The topological polar surface area (TPSA) is 50.4 Å². The Bertz CT molecular complexity index is 716. The molecule has 0 radical (unpaired) electrons. The highest BCUT2D eigenvalue weighted by Crippen LogP contribution is 2.25. The largest absolute Gasteiger partial charge is 0.490 e. The lowest BCUT2D eigenvalue weighted by Crippen LogP contribution is -2.41. The molecule has 0 aliphatic heterocycles. The van der Waals surface area contributed by atoms with Gasteiger partial charge in [-0.1, -0.05) is 23.7 Å². The van der Waals surface area contributed by atoms with Crippen molar-refractivity contribution in [1.82, 2.24) is 5.32 Å². The molecule has 6 heteroatoms. The van der Waals surface area contributed by atoms with Gasteiger partial charge in [-0.05, 0) is 62.1 Å². The second kappa shape index (κ2) is 8.21. The molecule has 4 nitrogen and oxygen atoms in total. The zero-order valence-corrected chi connectivity index (χ0v) is 14.4. The number of carbonyl (C=O) groups is 1. The van der Waals surface area contributed by atoms with Crippen LogP contribution in [-0.4, -0.2) is 18.2 Å². The molecule has 25 heavy (non-hydrogen) atoms. The number of amides is 2. The van der Waals surface area contributed by atoms with Crippen molar-refractivity contribution in [2.24, 2.45) is 0 Å². The molecule has 0 unspecified atom stereocenters. The average molecular weight is 363 g/mol. The molecule has 1 aliphatic carbocycles. The van der Waals surface area contributed by atoms with Crippen molar-refractivity contribution >= 4 is 23.3 Å². The molecule has 2 amide bonds. The minimum absolute atomic E-state index is 0.0927. The van der Waals surface area contributed by atoms with Crippen molar-refractivity contribution in [3.8, 4) is 5.75 Å². The maximum atomic E-state index is 12.9. The van der Waals surface area contributed by atoms with Gasteiger partial charge in [-0.15, -0.1) is 0 Å². The van der Waals surface area contributed by atoms with E-state index in [0.29, 0.717) is 16.5 Å². The van der Waals surface area contributed by atoms with E-state index in [1.165, 1.54) is 12.1 Å². The van der Waals surface area contributed by atoms with Crippen molar-refractivity contribution < 1.29 is 13.9 Å². The van der Waals surface area contributed by atoms with Crippen LogP contribution in [0.4, 0.5) is 14.9 Å². The Morgan fingerprint density at radius 2 is 1.72 bits per heavy atom. The number of hydrogen-bond acceptors (Lipinski definition) is 2. The Labute approximate surface area is 151 Å². The summed E-state index contributed by atoms with van der Waals surface area (Å²) in [7, 11) is 0. The molecule has 1 fully saturated rings. The van der Waals surface area contributed by atoms with E-state index in [9.17, 15) is 9.18 Å². The van der Waals surface area contributed by atoms with Crippen LogP contribution in [0.25, 0.3) is 0 Å². The fourth-order valence-corrected chi connectivity index (χ4v) is 3.12. The quantitative estimate of drug-likeness (QED) is 0.804. The predicted octanol–water partition coefficient (Wildman–Crippen LogP) is 4.99. The van der Waals surface area contributed by atoms with Crippen LogP contribution in [-0.2, 0) is 0 Å². The Balaban J connectivity index is 1.43. The molecule has 0 aromatic heterocycles. The van der Waals surface area contributed by atoms with Gasteiger partial charge in [0.2, 0.25) is 0 Å². The molecule has 0 saturated heterocycles. The maximum Gasteiger partial charge on any atom is 0.319 e. The van der Waals surface area contributed by atoms with Crippen LogP contribution in [0, 0.1) is 5.82 Å². The monoisotopic (exact) mass is 362 g/mol. The molecule has 132 valence electrons. The minimum atomic E-state index is -0.273. The number of carbonyl (C=O) groups excluding carboxylic acids is 1. The zero-order chi connectivity index (χ0) is 17.6. The number of halogens is 2. The number of nitrogens with one attached hydrogen (secondary N) is 2. The Morgan fingerprint density at radius 1 is 1.04 bits per heavy atom. The highest BCUT2D eigenvalue weighted by Gasteiger charge is 2.23. The molecular formula is C19H20ClFN2O2. The summed E-state index contributed by atoms with van der Waals surface area (Å²) < 4.78 is 18.8. The predicted molar refractivity (Wildman–Crippen MR) is 96.7 cm³/mol. The average Bonchev–Trinajstić information content (AvgIpc) is 2.61. The van der Waals surface area contributed by atoms with Crippen molar-refractivity contribution in [2.75, 3.05) is 5.32 Å². The van der Waals surface area contributed by atoms with Gasteiger partial charge in [-0.2, -0.15) is 0 Å². The van der Waals surface area contributed by atoms with E-state index in [0.717, 1.165) is 25.7 Å². The first-order valence-electron chi connectivity index (χ1n) is 8.34. The summed E-state index contributed by atoms with van der Waals surface area (Å²) in [5.41, 5.74) is 0.593. The highest BCUT2D eigenvalue weighted by molar-refractivity contribution is 6.33. The van der Waals surface area contributed by atoms with Crippen LogP contribution in [0.3, 0.4) is 0 Å². The molecule has 2 N–H and O–H groups in total. The first-order chi connectivity index (χ1) is 12.1. The van der Waals surface area contributed by atoms with Gasteiger partial charge in [0.05, 0.1) is 16.8 Å². The summed E-state index contributed by atoms with van der Waals surface area (Å²) in [4.78, 5) is 12.1.